The van der Waals surface area contributed by atoms with Gasteiger partial charge in [-0.3, -0.25) is 19.4 Å². The molecule has 3 amide bonds. The molecule has 15 heteroatoms. The first-order valence-electron chi connectivity index (χ1n) is 14.7. The van der Waals surface area contributed by atoms with Crippen molar-refractivity contribution in [2.24, 2.45) is 22.2 Å². The lowest BCUT2D eigenvalue weighted by atomic mass is 10.0. The number of nitrogens with one attached hydrogen (secondary N) is 4. The number of aliphatic imine (C=N–C) groups is 1. The number of aromatic hydroxyl groups is 1. The Morgan fingerprint density at radius 1 is 0.891 bits per heavy atom. The van der Waals surface area contributed by atoms with Gasteiger partial charge in [-0.15, -0.1) is 0 Å². The molecule has 0 saturated carbocycles. The van der Waals surface area contributed by atoms with E-state index < -0.39 is 47.9 Å². The molecule has 3 aromatic rings. The van der Waals surface area contributed by atoms with E-state index in [1.54, 1.807) is 18.3 Å². The van der Waals surface area contributed by atoms with Crippen LogP contribution >= 0.6 is 11.8 Å². The number of aromatic amines is 1. The summed E-state index contributed by atoms with van der Waals surface area (Å²) in [6.07, 6.45) is 4.53. The predicted octanol–water partition coefficient (Wildman–Crippen LogP) is 0.332. The Labute approximate surface area is 271 Å². The second-order valence-corrected chi connectivity index (χ2v) is 11.8. The van der Waals surface area contributed by atoms with Gasteiger partial charge in [0.15, 0.2) is 5.96 Å². The highest BCUT2D eigenvalue weighted by atomic mass is 32.2. The highest BCUT2D eigenvalue weighted by Gasteiger charge is 2.31. The molecule has 248 valence electrons. The standard InChI is InChI=1S/C31H42N8O6S/c1-46-14-12-24(37-27(41)22(32)6-4-13-35-31(33)34)28(42)38-25(15-18-8-10-20(40)11-9-18)29(43)39-26(30(44)45)16-19-17-36-23-7-3-2-5-21(19)23/h2-3,5,7-11,17,22,24-26,36,40H,4,6,12-16,32H2,1H3,(H,37,41)(H,38,42)(H,39,43)(H,44,45)(H4,33,34,35). The number of hydrogen-bond donors (Lipinski definition) is 9. The molecule has 1 heterocycles. The van der Waals surface area contributed by atoms with E-state index in [1.165, 1.54) is 23.9 Å². The number of amides is 3. The number of rotatable bonds is 18. The predicted molar refractivity (Wildman–Crippen MR) is 178 cm³/mol. The van der Waals surface area contributed by atoms with Crippen LogP contribution in [0, 0.1) is 0 Å². The van der Waals surface area contributed by atoms with Crippen molar-refractivity contribution in [2.75, 3.05) is 18.6 Å². The summed E-state index contributed by atoms with van der Waals surface area (Å²) >= 11 is 1.47. The monoisotopic (exact) mass is 654 g/mol. The number of benzene rings is 2. The molecule has 0 saturated heterocycles. The number of nitrogens with two attached hydrogens (primary N) is 3. The zero-order valence-electron chi connectivity index (χ0n) is 25.6. The van der Waals surface area contributed by atoms with Crippen molar-refractivity contribution in [1.82, 2.24) is 20.9 Å². The fourth-order valence-corrected chi connectivity index (χ4v) is 5.25. The fourth-order valence-electron chi connectivity index (χ4n) is 4.78. The first kappa shape index (κ1) is 35.7. The van der Waals surface area contributed by atoms with Crippen molar-refractivity contribution in [1.29, 1.82) is 0 Å². The number of carboxylic acid groups (broad SMARTS) is 1. The number of para-hydroxylation sites is 1. The molecule has 0 fully saturated rings. The average molecular weight is 655 g/mol. The minimum atomic E-state index is -1.30. The van der Waals surface area contributed by atoms with Gasteiger partial charge >= 0.3 is 5.97 Å². The molecule has 4 unspecified atom stereocenters. The van der Waals surface area contributed by atoms with E-state index in [9.17, 15) is 29.4 Å². The van der Waals surface area contributed by atoms with Gasteiger partial charge in [0.05, 0.1) is 6.04 Å². The Morgan fingerprint density at radius 2 is 1.54 bits per heavy atom. The number of phenolic OH excluding ortho intramolecular Hbond substituents is 1. The van der Waals surface area contributed by atoms with Crippen LogP contribution < -0.4 is 33.2 Å². The Kier molecular flexibility index (Phi) is 13.7. The summed E-state index contributed by atoms with van der Waals surface area (Å²) in [4.78, 5) is 59.3. The first-order valence-corrected chi connectivity index (χ1v) is 16.1. The lowest BCUT2D eigenvalue weighted by Gasteiger charge is -2.25. The lowest BCUT2D eigenvalue weighted by Crippen LogP contribution is -2.58. The van der Waals surface area contributed by atoms with Crippen molar-refractivity contribution in [3.8, 4) is 5.75 Å². The summed E-state index contributed by atoms with van der Waals surface area (Å²) in [5, 5.41) is 28.5. The van der Waals surface area contributed by atoms with Gasteiger partial charge in [0, 0.05) is 36.5 Å². The lowest BCUT2D eigenvalue weighted by molar-refractivity contribution is -0.142. The zero-order valence-corrected chi connectivity index (χ0v) is 26.4. The topological polar surface area (TPSA) is 251 Å². The van der Waals surface area contributed by atoms with Crippen molar-refractivity contribution in [3.63, 3.8) is 0 Å². The minimum absolute atomic E-state index is 0.00155. The van der Waals surface area contributed by atoms with E-state index in [4.69, 9.17) is 17.2 Å². The van der Waals surface area contributed by atoms with E-state index >= 15 is 0 Å². The van der Waals surface area contributed by atoms with E-state index in [0.717, 1.165) is 10.9 Å². The smallest absolute Gasteiger partial charge is 0.326 e. The van der Waals surface area contributed by atoms with Crippen LogP contribution in [0.4, 0.5) is 0 Å². The number of aromatic nitrogens is 1. The molecule has 0 aliphatic rings. The number of phenols is 1. The zero-order chi connectivity index (χ0) is 33.6. The molecule has 46 heavy (non-hydrogen) atoms. The summed E-state index contributed by atoms with van der Waals surface area (Å²) in [7, 11) is 0. The number of hydrogen-bond acceptors (Lipinski definition) is 8. The molecule has 14 nitrogen and oxygen atoms in total. The fraction of sp³-hybridized carbons (Fsp3) is 0.387. The van der Waals surface area contributed by atoms with Gasteiger partial charge in [0.1, 0.15) is 23.9 Å². The number of H-pyrrole nitrogens is 1. The molecule has 1 aromatic heterocycles. The molecule has 0 aliphatic heterocycles. The maximum atomic E-state index is 13.6. The second-order valence-electron chi connectivity index (χ2n) is 10.8. The van der Waals surface area contributed by atoms with Gasteiger partial charge < -0.3 is 48.3 Å². The van der Waals surface area contributed by atoms with Crippen LogP contribution in [-0.2, 0) is 32.0 Å². The van der Waals surface area contributed by atoms with Crippen LogP contribution in [-0.4, -0.2) is 87.6 Å². The Bertz CT molecular complexity index is 1510. The van der Waals surface area contributed by atoms with Crippen LogP contribution in [0.25, 0.3) is 10.9 Å². The van der Waals surface area contributed by atoms with Crippen LogP contribution in [0.2, 0.25) is 0 Å². The number of carbonyl (C=O) groups is 4. The molecule has 0 radical (unpaired) electrons. The maximum Gasteiger partial charge on any atom is 0.326 e. The number of carbonyl (C=O) groups excluding carboxylic acids is 3. The van der Waals surface area contributed by atoms with E-state index in [-0.39, 0.29) is 37.4 Å². The normalized spacial score (nSPS) is 13.6. The molecule has 12 N–H and O–H groups in total. The van der Waals surface area contributed by atoms with Crippen molar-refractivity contribution in [3.05, 3.63) is 65.9 Å². The van der Waals surface area contributed by atoms with Crippen LogP contribution in [0.5, 0.6) is 5.75 Å². The minimum Gasteiger partial charge on any atom is -0.508 e. The molecular weight excluding hydrogens is 612 g/mol. The quantitative estimate of drug-likeness (QED) is 0.0516. The van der Waals surface area contributed by atoms with Crippen LogP contribution in [0.3, 0.4) is 0 Å². The summed E-state index contributed by atoms with van der Waals surface area (Å²) in [6.45, 7) is 0.297. The summed E-state index contributed by atoms with van der Waals surface area (Å²) in [5.74, 6) is -2.66. The average Bonchev–Trinajstić information content (AvgIpc) is 3.43. The number of carboxylic acids is 1. The van der Waals surface area contributed by atoms with Crippen molar-refractivity contribution >= 4 is 52.3 Å². The second kappa shape index (κ2) is 17.7. The summed E-state index contributed by atoms with van der Waals surface area (Å²) in [6, 6.07) is 9.05. The Hall–Kier alpha value is -4.76. The largest absolute Gasteiger partial charge is 0.508 e. The van der Waals surface area contributed by atoms with E-state index in [1.807, 2.05) is 30.5 Å². The Balaban J connectivity index is 1.77. The van der Waals surface area contributed by atoms with Crippen molar-refractivity contribution < 1.29 is 29.4 Å². The molecule has 0 aliphatic carbocycles. The highest BCUT2D eigenvalue weighted by Crippen LogP contribution is 2.19. The third-order valence-electron chi connectivity index (χ3n) is 7.27. The van der Waals surface area contributed by atoms with E-state index in [2.05, 4.69) is 25.9 Å². The van der Waals surface area contributed by atoms with Crippen molar-refractivity contribution in [2.45, 2.75) is 56.3 Å². The number of aliphatic carboxylic acids is 1. The number of nitrogens with zero attached hydrogens (tertiary/aromatic N) is 1. The maximum absolute atomic E-state index is 13.6. The molecular formula is C31H42N8O6S. The van der Waals surface area contributed by atoms with Crippen LogP contribution in [0.1, 0.15) is 30.4 Å². The number of fused-ring (bicyclic) bond motifs is 1. The SMILES string of the molecule is CSCCC(NC(=O)C(N)CCCN=C(N)N)C(=O)NC(Cc1ccc(O)cc1)C(=O)NC(Cc1c[nH]c2ccccc12)C(=O)O. The van der Waals surface area contributed by atoms with Gasteiger partial charge in [-0.05, 0) is 60.6 Å². The van der Waals surface area contributed by atoms with Gasteiger partial charge in [-0.25, -0.2) is 4.79 Å². The Morgan fingerprint density at radius 3 is 2.22 bits per heavy atom. The summed E-state index contributed by atoms with van der Waals surface area (Å²) in [5.41, 5.74) is 18.8. The molecule has 3 rings (SSSR count). The van der Waals surface area contributed by atoms with Gasteiger partial charge in [0.25, 0.3) is 0 Å². The summed E-state index contributed by atoms with van der Waals surface area (Å²) < 4.78 is 0. The first-order chi connectivity index (χ1) is 22.0. The van der Waals surface area contributed by atoms with Gasteiger partial charge in [-0.1, -0.05) is 30.3 Å². The molecule has 4 atom stereocenters. The van der Waals surface area contributed by atoms with Gasteiger partial charge in [0.2, 0.25) is 17.7 Å². The van der Waals surface area contributed by atoms with Gasteiger partial charge in [-0.2, -0.15) is 11.8 Å². The van der Waals surface area contributed by atoms with Crippen LogP contribution in [0.15, 0.2) is 59.7 Å². The number of guanidine groups is 1. The third-order valence-corrected chi connectivity index (χ3v) is 7.91. The van der Waals surface area contributed by atoms with E-state index in [0.29, 0.717) is 29.8 Å². The molecule has 0 bridgehead atoms. The number of thioether (sulfide) groups is 1. The highest BCUT2D eigenvalue weighted by molar-refractivity contribution is 7.98. The molecule has 0 spiro atoms. The molecule has 2 aromatic carbocycles. The third kappa shape index (κ3) is 11.0.